The lowest BCUT2D eigenvalue weighted by Crippen LogP contribution is -2.14. The molecule has 3 rings (SSSR count). The number of nitrogens with one attached hydrogen (secondary N) is 1. The van der Waals surface area contributed by atoms with E-state index in [9.17, 15) is 14.4 Å². The summed E-state index contributed by atoms with van der Waals surface area (Å²) in [6.45, 7) is 0. The van der Waals surface area contributed by atoms with Crippen molar-refractivity contribution in [1.82, 2.24) is 0 Å². The Morgan fingerprint density at radius 3 is 2.48 bits per heavy atom. The molecule has 0 radical (unpaired) electrons. The van der Waals surface area contributed by atoms with E-state index in [0.717, 1.165) is 11.1 Å². The Kier molecular flexibility index (Phi) is 6.66. The predicted molar refractivity (Wildman–Crippen MR) is 114 cm³/mol. The first-order valence-electron chi connectivity index (χ1n) is 8.67. The van der Waals surface area contributed by atoms with Gasteiger partial charge < -0.3 is 5.32 Å². The summed E-state index contributed by atoms with van der Waals surface area (Å²) in [4.78, 5) is 12.5. The summed E-state index contributed by atoms with van der Waals surface area (Å²) in [7, 11) is 0. The van der Waals surface area contributed by atoms with E-state index in [1.165, 1.54) is 24.3 Å². The Morgan fingerprint density at radius 2 is 1.76 bits per heavy atom. The van der Waals surface area contributed by atoms with Crippen LogP contribution in [0.4, 0.5) is 10.1 Å². The van der Waals surface area contributed by atoms with Crippen LogP contribution in [-0.4, -0.2) is 5.91 Å². The minimum Gasteiger partial charge on any atom is -0.319 e. The highest BCUT2D eigenvalue weighted by Gasteiger charge is 2.14. The van der Waals surface area contributed by atoms with E-state index in [-0.39, 0.29) is 11.3 Å². The van der Waals surface area contributed by atoms with Crippen molar-refractivity contribution in [2.24, 2.45) is 0 Å². The highest BCUT2D eigenvalue weighted by atomic mass is 35.5. The van der Waals surface area contributed by atoms with Gasteiger partial charge in [-0.25, -0.2) is 4.39 Å². The van der Waals surface area contributed by atoms with Crippen molar-refractivity contribution < 1.29 is 9.18 Å². The van der Waals surface area contributed by atoms with Crippen LogP contribution < -0.4 is 5.32 Å². The fraction of sp³-hybridized carbons (Fsp3) is 0.0435. The SMILES string of the molecule is N#C/C(=C\c1cc(Cl)ccc1Cc1ccccc1Cl)C(=O)Nc1ccccc1F. The molecule has 144 valence electrons. The standard InChI is InChI=1S/C23H15Cl2FN2O/c24-19-10-9-15(11-16-5-1-2-6-20(16)25)17(13-19)12-18(14-27)23(29)28-22-8-4-3-7-21(22)26/h1-10,12-13H,11H2,(H,28,29)/b18-12+. The Labute approximate surface area is 178 Å². The van der Waals surface area contributed by atoms with Gasteiger partial charge in [0.2, 0.25) is 0 Å². The summed E-state index contributed by atoms with van der Waals surface area (Å²) < 4.78 is 13.8. The van der Waals surface area contributed by atoms with Crippen LogP contribution in [-0.2, 0) is 11.2 Å². The van der Waals surface area contributed by atoms with Gasteiger partial charge in [0, 0.05) is 10.0 Å². The molecule has 3 aromatic carbocycles. The maximum Gasteiger partial charge on any atom is 0.266 e. The summed E-state index contributed by atoms with van der Waals surface area (Å²) in [6, 6.07) is 20.3. The Morgan fingerprint density at radius 1 is 1.03 bits per heavy atom. The minimum atomic E-state index is -0.707. The zero-order valence-electron chi connectivity index (χ0n) is 15.1. The van der Waals surface area contributed by atoms with E-state index in [0.29, 0.717) is 22.0 Å². The first kappa shape index (κ1) is 20.6. The summed E-state index contributed by atoms with van der Waals surface area (Å²) in [6.07, 6.45) is 1.94. The highest BCUT2D eigenvalue weighted by Crippen LogP contribution is 2.25. The van der Waals surface area contributed by atoms with Crippen LogP contribution in [0.1, 0.15) is 16.7 Å². The number of rotatable bonds is 5. The number of nitriles is 1. The Bertz CT molecular complexity index is 1140. The average Bonchev–Trinajstić information content (AvgIpc) is 2.71. The second-order valence-electron chi connectivity index (χ2n) is 6.22. The molecular formula is C23H15Cl2FN2O. The van der Waals surface area contributed by atoms with Crippen molar-refractivity contribution in [3.63, 3.8) is 0 Å². The van der Waals surface area contributed by atoms with Crippen LogP contribution >= 0.6 is 23.2 Å². The first-order valence-corrected chi connectivity index (χ1v) is 9.43. The Hall–Kier alpha value is -3.13. The number of hydrogen-bond acceptors (Lipinski definition) is 2. The van der Waals surface area contributed by atoms with Crippen LogP contribution in [0.25, 0.3) is 6.08 Å². The summed E-state index contributed by atoms with van der Waals surface area (Å²) in [5.41, 5.74) is 2.18. The number of benzene rings is 3. The fourth-order valence-electron chi connectivity index (χ4n) is 2.76. The number of anilines is 1. The van der Waals surface area contributed by atoms with E-state index < -0.39 is 11.7 Å². The molecule has 0 heterocycles. The zero-order valence-corrected chi connectivity index (χ0v) is 16.6. The van der Waals surface area contributed by atoms with Crippen LogP contribution in [0.2, 0.25) is 10.0 Å². The molecule has 0 saturated heterocycles. The van der Waals surface area contributed by atoms with Crippen molar-refractivity contribution in [1.29, 1.82) is 5.26 Å². The molecule has 3 nitrogen and oxygen atoms in total. The molecule has 0 saturated carbocycles. The molecule has 0 aromatic heterocycles. The van der Waals surface area contributed by atoms with Crippen molar-refractivity contribution in [3.8, 4) is 6.07 Å². The molecule has 0 bridgehead atoms. The molecule has 1 amide bonds. The molecule has 0 atom stereocenters. The largest absolute Gasteiger partial charge is 0.319 e. The smallest absolute Gasteiger partial charge is 0.266 e. The van der Waals surface area contributed by atoms with Gasteiger partial charge in [0.25, 0.3) is 5.91 Å². The van der Waals surface area contributed by atoms with Gasteiger partial charge in [-0.2, -0.15) is 5.26 Å². The monoisotopic (exact) mass is 424 g/mol. The molecule has 0 aliphatic rings. The third-order valence-electron chi connectivity index (χ3n) is 4.23. The lowest BCUT2D eigenvalue weighted by atomic mass is 9.98. The minimum absolute atomic E-state index is 0.000958. The molecule has 3 aromatic rings. The Balaban J connectivity index is 1.94. The van der Waals surface area contributed by atoms with Gasteiger partial charge in [0.05, 0.1) is 5.69 Å². The number of hydrogen-bond donors (Lipinski definition) is 1. The third-order valence-corrected chi connectivity index (χ3v) is 4.84. The molecule has 1 N–H and O–H groups in total. The van der Waals surface area contributed by atoms with Gasteiger partial charge in [0.1, 0.15) is 17.5 Å². The number of carbonyl (C=O) groups excluding carboxylic acids is 1. The average molecular weight is 425 g/mol. The van der Waals surface area contributed by atoms with Gasteiger partial charge in [-0.15, -0.1) is 0 Å². The second-order valence-corrected chi connectivity index (χ2v) is 7.06. The van der Waals surface area contributed by atoms with Crippen molar-refractivity contribution >= 4 is 40.9 Å². The lowest BCUT2D eigenvalue weighted by Gasteiger charge is -2.10. The topological polar surface area (TPSA) is 52.9 Å². The second kappa shape index (κ2) is 9.38. The lowest BCUT2D eigenvalue weighted by molar-refractivity contribution is -0.112. The van der Waals surface area contributed by atoms with Crippen molar-refractivity contribution in [2.75, 3.05) is 5.32 Å². The van der Waals surface area contributed by atoms with E-state index in [2.05, 4.69) is 5.32 Å². The maximum atomic E-state index is 13.8. The van der Waals surface area contributed by atoms with E-state index >= 15 is 0 Å². The van der Waals surface area contributed by atoms with E-state index in [4.69, 9.17) is 23.2 Å². The summed E-state index contributed by atoms with van der Waals surface area (Å²) >= 11 is 12.4. The van der Waals surface area contributed by atoms with Crippen LogP contribution in [0.5, 0.6) is 0 Å². The molecule has 0 aliphatic heterocycles. The van der Waals surface area contributed by atoms with Gasteiger partial charge in [-0.1, -0.05) is 59.6 Å². The maximum absolute atomic E-state index is 13.8. The van der Waals surface area contributed by atoms with Crippen molar-refractivity contribution in [3.05, 3.63) is 105 Å². The molecule has 0 unspecified atom stereocenters. The molecule has 0 fully saturated rings. The normalized spacial score (nSPS) is 11.0. The van der Waals surface area contributed by atoms with Crippen molar-refractivity contribution in [2.45, 2.75) is 6.42 Å². The first-order chi connectivity index (χ1) is 14.0. The van der Waals surface area contributed by atoms with Crippen LogP contribution in [0, 0.1) is 17.1 Å². The number of para-hydroxylation sites is 1. The summed E-state index contributed by atoms with van der Waals surface area (Å²) in [5, 5.41) is 13.0. The number of nitrogens with zero attached hydrogens (tertiary/aromatic N) is 1. The predicted octanol–water partition coefficient (Wildman–Crippen LogP) is 6.27. The van der Waals surface area contributed by atoms with E-state index in [1.54, 1.807) is 24.3 Å². The molecular weight excluding hydrogens is 410 g/mol. The number of carbonyl (C=O) groups is 1. The summed E-state index contributed by atoms with van der Waals surface area (Å²) in [5.74, 6) is -1.29. The molecule has 29 heavy (non-hydrogen) atoms. The molecule has 6 heteroatoms. The van der Waals surface area contributed by atoms with E-state index in [1.807, 2.05) is 30.3 Å². The fourth-order valence-corrected chi connectivity index (χ4v) is 3.15. The number of halogens is 3. The van der Waals surface area contributed by atoms with Gasteiger partial charge in [-0.05, 0) is 59.5 Å². The zero-order chi connectivity index (χ0) is 20.8. The molecule has 0 aliphatic carbocycles. The highest BCUT2D eigenvalue weighted by molar-refractivity contribution is 6.31. The number of amides is 1. The van der Waals surface area contributed by atoms with Crippen LogP contribution in [0.15, 0.2) is 72.3 Å². The third kappa shape index (κ3) is 5.23. The van der Waals surface area contributed by atoms with Gasteiger partial charge >= 0.3 is 0 Å². The molecule has 0 spiro atoms. The quantitative estimate of drug-likeness (QED) is 0.387. The van der Waals surface area contributed by atoms with Crippen LogP contribution in [0.3, 0.4) is 0 Å². The van der Waals surface area contributed by atoms with Gasteiger partial charge in [-0.3, -0.25) is 4.79 Å². The van der Waals surface area contributed by atoms with Gasteiger partial charge in [0.15, 0.2) is 0 Å².